The molecule has 0 bridgehead atoms. The van der Waals surface area contributed by atoms with E-state index in [0.29, 0.717) is 22.6 Å². The molecule has 10 nitrogen and oxygen atoms in total. The number of halogens is 1. The smallest absolute Gasteiger partial charge is 0.408 e. The number of nitrogens with zero attached hydrogens (tertiary/aromatic N) is 2. The summed E-state index contributed by atoms with van der Waals surface area (Å²) in [5, 5.41) is 5.26. The summed E-state index contributed by atoms with van der Waals surface area (Å²) in [6, 6.07) is 8.64. The molecule has 0 aliphatic heterocycles. The third kappa shape index (κ3) is 7.67. The third-order valence-electron chi connectivity index (χ3n) is 5.63. The van der Waals surface area contributed by atoms with Gasteiger partial charge in [-0.25, -0.2) is 19.0 Å². The first-order valence-corrected chi connectivity index (χ1v) is 12.3. The Balaban J connectivity index is 1.86. The summed E-state index contributed by atoms with van der Waals surface area (Å²) in [4.78, 5) is 43.3. The zero-order chi connectivity index (χ0) is 28.0. The van der Waals surface area contributed by atoms with E-state index in [2.05, 4.69) is 15.6 Å². The number of carbonyl (C=O) groups is 3. The van der Waals surface area contributed by atoms with Crippen molar-refractivity contribution in [3.8, 4) is 0 Å². The fourth-order valence-corrected chi connectivity index (χ4v) is 3.86. The lowest BCUT2D eigenvalue weighted by Gasteiger charge is -2.25. The Labute approximate surface area is 220 Å². The molecule has 3 rings (SSSR count). The number of carbonyl (C=O) groups excluding carboxylic acids is 3. The van der Waals surface area contributed by atoms with Crippen LogP contribution < -0.4 is 16.4 Å². The van der Waals surface area contributed by atoms with Crippen LogP contribution in [-0.4, -0.2) is 51.8 Å². The molecule has 0 radical (unpaired) electrons. The number of fused-ring (bicyclic) bond motifs is 1. The van der Waals surface area contributed by atoms with E-state index in [4.69, 9.17) is 15.2 Å². The van der Waals surface area contributed by atoms with Crippen molar-refractivity contribution in [3.63, 3.8) is 0 Å². The van der Waals surface area contributed by atoms with Gasteiger partial charge in [0.25, 0.3) is 0 Å². The van der Waals surface area contributed by atoms with Crippen LogP contribution >= 0.6 is 0 Å². The number of imidazole rings is 1. The number of aryl methyl sites for hydroxylation is 1. The molecule has 2 atom stereocenters. The number of nitrogens with two attached hydrogens (primary N) is 1. The zero-order valence-electron chi connectivity index (χ0n) is 22.2. The van der Waals surface area contributed by atoms with Gasteiger partial charge < -0.3 is 30.4 Å². The second kappa shape index (κ2) is 11.9. The number of aromatic nitrogens is 2. The lowest BCUT2D eigenvalue weighted by atomic mass is 10.0. The molecule has 2 amide bonds. The standard InChI is InChI=1S/C27H34FN5O5/c1-6-37-25(35)21(15-23-30-19-14-18(29)11-12-22(19)33(23)5)31-24(34)20(32-26(36)38-27(2,3)4)13-16-7-9-17(28)10-8-16/h7-12,14,20-21H,6,13,15,29H2,1-5H3,(H,31,34)(H,32,36)/t20-,21-/m0/s1. The van der Waals surface area contributed by atoms with E-state index in [1.165, 1.54) is 24.3 Å². The average Bonchev–Trinajstić information content (AvgIpc) is 3.12. The molecule has 1 heterocycles. The summed E-state index contributed by atoms with van der Waals surface area (Å²) in [5.74, 6) is -1.19. The van der Waals surface area contributed by atoms with Crippen molar-refractivity contribution in [2.75, 3.05) is 12.3 Å². The number of benzene rings is 2. The lowest BCUT2D eigenvalue weighted by Crippen LogP contribution is -2.54. The van der Waals surface area contributed by atoms with Crippen LogP contribution in [0.2, 0.25) is 0 Å². The highest BCUT2D eigenvalue weighted by Gasteiger charge is 2.30. The maximum absolute atomic E-state index is 13.4. The first-order valence-electron chi connectivity index (χ1n) is 12.3. The summed E-state index contributed by atoms with van der Waals surface area (Å²) < 4.78 is 25.7. The van der Waals surface area contributed by atoms with Gasteiger partial charge in [-0.1, -0.05) is 12.1 Å². The van der Waals surface area contributed by atoms with Crippen LogP contribution in [0.5, 0.6) is 0 Å². The van der Waals surface area contributed by atoms with Gasteiger partial charge in [-0.2, -0.15) is 0 Å². The summed E-state index contributed by atoms with van der Waals surface area (Å²) in [6.07, 6.45) is -0.738. The quantitative estimate of drug-likeness (QED) is 0.287. The predicted molar refractivity (Wildman–Crippen MR) is 141 cm³/mol. The highest BCUT2D eigenvalue weighted by Crippen LogP contribution is 2.19. The number of nitrogens with one attached hydrogen (secondary N) is 2. The SMILES string of the molecule is CCOC(=O)[C@H](Cc1nc2cc(N)ccc2n1C)NC(=O)[C@H](Cc1ccc(F)cc1)NC(=O)OC(C)(C)C. The fraction of sp³-hybridized carbons (Fsp3) is 0.407. The van der Waals surface area contributed by atoms with Crippen LogP contribution in [0.25, 0.3) is 11.0 Å². The van der Waals surface area contributed by atoms with Crippen molar-refractivity contribution in [3.05, 3.63) is 59.7 Å². The van der Waals surface area contributed by atoms with Crippen molar-refractivity contribution in [2.45, 2.75) is 58.2 Å². The van der Waals surface area contributed by atoms with Crippen LogP contribution in [0.4, 0.5) is 14.9 Å². The number of hydrogen-bond donors (Lipinski definition) is 3. The monoisotopic (exact) mass is 527 g/mol. The molecular weight excluding hydrogens is 493 g/mol. The van der Waals surface area contributed by atoms with Crippen LogP contribution in [0.3, 0.4) is 0 Å². The molecule has 0 spiro atoms. The fourth-order valence-electron chi connectivity index (χ4n) is 3.86. The van der Waals surface area contributed by atoms with Gasteiger partial charge in [0.15, 0.2) is 0 Å². The highest BCUT2D eigenvalue weighted by molar-refractivity contribution is 5.90. The van der Waals surface area contributed by atoms with Crippen molar-refractivity contribution in [1.29, 1.82) is 0 Å². The average molecular weight is 528 g/mol. The molecule has 1 aromatic heterocycles. The molecule has 0 unspecified atom stereocenters. The molecule has 0 aliphatic rings. The van der Waals surface area contributed by atoms with Crippen LogP contribution in [0.15, 0.2) is 42.5 Å². The highest BCUT2D eigenvalue weighted by atomic mass is 19.1. The second-order valence-electron chi connectivity index (χ2n) is 9.88. The van der Waals surface area contributed by atoms with E-state index in [1.54, 1.807) is 46.9 Å². The van der Waals surface area contributed by atoms with E-state index >= 15 is 0 Å². The third-order valence-corrected chi connectivity index (χ3v) is 5.63. The van der Waals surface area contributed by atoms with Gasteiger partial charge in [0.05, 0.1) is 17.6 Å². The largest absolute Gasteiger partial charge is 0.464 e. The minimum atomic E-state index is -1.12. The number of amides is 2. The zero-order valence-corrected chi connectivity index (χ0v) is 22.2. The maximum atomic E-state index is 13.4. The van der Waals surface area contributed by atoms with Gasteiger partial charge in [-0.15, -0.1) is 0 Å². The van der Waals surface area contributed by atoms with E-state index in [1.807, 2.05) is 10.6 Å². The molecule has 0 saturated heterocycles. The molecule has 4 N–H and O–H groups in total. The van der Waals surface area contributed by atoms with Gasteiger partial charge in [-0.05, 0) is 63.6 Å². The van der Waals surface area contributed by atoms with E-state index in [9.17, 15) is 18.8 Å². The van der Waals surface area contributed by atoms with Gasteiger partial charge in [0.1, 0.15) is 29.3 Å². The van der Waals surface area contributed by atoms with Crippen molar-refractivity contribution in [1.82, 2.24) is 20.2 Å². The predicted octanol–water partition coefficient (Wildman–Crippen LogP) is 3.02. The number of ether oxygens (including phenoxy) is 2. The minimum absolute atomic E-state index is 0.0331. The maximum Gasteiger partial charge on any atom is 0.408 e. The molecular formula is C27H34FN5O5. The van der Waals surface area contributed by atoms with Crippen LogP contribution in [0, 0.1) is 5.82 Å². The van der Waals surface area contributed by atoms with E-state index in [-0.39, 0.29) is 19.4 Å². The summed E-state index contributed by atoms with van der Waals surface area (Å²) in [5.41, 5.74) is 7.69. The Bertz CT molecular complexity index is 1300. The van der Waals surface area contributed by atoms with Crippen LogP contribution in [0.1, 0.15) is 39.1 Å². The Morgan fingerprint density at radius 3 is 2.37 bits per heavy atom. The number of rotatable bonds is 9. The van der Waals surface area contributed by atoms with Crippen molar-refractivity contribution >= 4 is 34.7 Å². The second-order valence-corrected chi connectivity index (χ2v) is 9.88. The Morgan fingerprint density at radius 2 is 1.74 bits per heavy atom. The molecule has 11 heteroatoms. The lowest BCUT2D eigenvalue weighted by molar-refractivity contribution is -0.147. The topological polar surface area (TPSA) is 138 Å². The Kier molecular flexibility index (Phi) is 8.92. The number of esters is 1. The first kappa shape index (κ1) is 28.4. The summed E-state index contributed by atoms with van der Waals surface area (Å²) in [6.45, 7) is 6.87. The Morgan fingerprint density at radius 1 is 1.05 bits per heavy atom. The number of anilines is 1. The number of nitrogen functional groups attached to an aromatic ring is 1. The van der Waals surface area contributed by atoms with Crippen molar-refractivity contribution in [2.24, 2.45) is 7.05 Å². The van der Waals surface area contributed by atoms with Crippen molar-refractivity contribution < 1.29 is 28.2 Å². The summed E-state index contributed by atoms with van der Waals surface area (Å²) >= 11 is 0. The molecule has 0 aliphatic carbocycles. The number of hydrogen-bond acceptors (Lipinski definition) is 7. The van der Waals surface area contributed by atoms with Gasteiger partial charge >= 0.3 is 12.1 Å². The number of alkyl carbamates (subject to hydrolysis) is 1. The van der Waals surface area contributed by atoms with Crippen LogP contribution in [-0.2, 0) is 39.0 Å². The summed E-state index contributed by atoms with van der Waals surface area (Å²) in [7, 11) is 1.80. The van der Waals surface area contributed by atoms with Gasteiger partial charge in [0.2, 0.25) is 5.91 Å². The van der Waals surface area contributed by atoms with E-state index in [0.717, 1.165) is 5.52 Å². The van der Waals surface area contributed by atoms with Gasteiger partial charge in [-0.3, -0.25) is 4.79 Å². The Hall–Kier alpha value is -4.15. The first-order chi connectivity index (χ1) is 17.9. The van der Waals surface area contributed by atoms with Gasteiger partial charge in [0, 0.05) is 25.6 Å². The normalized spacial score (nSPS) is 13.0. The van der Waals surface area contributed by atoms with E-state index < -0.39 is 41.5 Å². The molecule has 0 saturated carbocycles. The minimum Gasteiger partial charge on any atom is -0.464 e. The molecule has 204 valence electrons. The molecule has 3 aromatic rings. The molecule has 38 heavy (non-hydrogen) atoms. The molecule has 2 aromatic carbocycles. The molecule has 0 fully saturated rings.